The lowest BCUT2D eigenvalue weighted by molar-refractivity contribution is 0.453. The van der Waals surface area contributed by atoms with Crippen LogP contribution in [0.4, 0.5) is 0 Å². The molecule has 1 heterocycles. The fourth-order valence-electron chi connectivity index (χ4n) is 1.71. The number of aryl methyl sites for hydroxylation is 2. The fraction of sp³-hybridized carbons (Fsp3) is 0.385. The SMILES string of the molecule is Cc1cccc(Cc2nnc(CCCN)o2)c1. The third-order valence-corrected chi connectivity index (χ3v) is 2.54. The van der Waals surface area contributed by atoms with Gasteiger partial charge in [0.15, 0.2) is 0 Å². The van der Waals surface area contributed by atoms with Gasteiger partial charge in [-0.2, -0.15) is 0 Å². The van der Waals surface area contributed by atoms with Gasteiger partial charge in [-0.1, -0.05) is 29.8 Å². The van der Waals surface area contributed by atoms with Crippen molar-refractivity contribution in [3.63, 3.8) is 0 Å². The number of aromatic nitrogens is 2. The summed E-state index contributed by atoms with van der Waals surface area (Å²) < 4.78 is 5.55. The Labute approximate surface area is 101 Å². The van der Waals surface area contributed by atoms with E-state index in [0.717, 1.165) is 12.8 Å². The minimum absolute atomic E-state index is 0.648. The third-order valence-electron chi connectivity index (χ3n) is 2.54. The number of benzene rings is 1. The largest absolute Gasteiger partial charge is 0.425 e. The molecule has 0 unspecified atom stereocenters. The second kappa shape index (κ2) is 5.59. The number of nitrogens with two attached hydrogens (primary N) is 1. The molecule has 1 aromatic heterocycles. The molecule has 0 spiro atoms. The quantitative estimate of drug-likeness (QED) is 0.853. The van der Waals surface area contributed by atoms with E-state index in [0.29, 0.717) is 24.7 Å². The first-order chi connectivity index (χ1) is 8.28. The van der Waals surface area contributed by atoms with Crippen LogP contribution in [0.3, 0.4) is 0 Å². The van der Waals surface area contributed by atoms with Gasteiger partial charge >= 0.3 is 0 Å². The summed E-state index contributed by atoms with van der Waals surface area (Å²) in [6.45, 7) is 2.72. The van der Waals surface area contributed by atoms with E-state index < -0.39 is 0 Å². The molecule has 0 aliphatic heterocycles. The van der Waals surface area contributed by atoms with Crippen LogP contribution < -0.4 is 5.73 Å². The summed E-state index contributed by atoms with van der Waals surface area (Å²) in [7, 11) is 0. The highest BCUT2D eigenvalue weighted by molar-refractivity contribution is 5.24. The molecule has 4 nitrogen and oxygen atoms in total. The van der Waals surface area contributed by atoms with Crippen LogP contribution in [0.2, 0.25) is 0 Å². The number of nitrogens with zero attached hydrogens (tertiary/aromatic N) is 2. The van der Waals surface area contributed by atoms with Crippen LogP contribution in [0.1, 0.15) is 29.3 Å². The Bertz CT molecular complexity index is 479. The van der Waals surface area contributed by atoms with Gasteiger partial charge in [0.05, 0.1) is 6.42 Å². The Kier molecular flexibility index (Phi) is 3.88. The van der Waals surface area contributed by atoms with Crippen molar-refractivity contribution >= 4 is 0 Å². The molecule has 0 amide bonds. The molecule has 0 atom stereocenters. The molecule has 0 aliphatic rings. The predicted molar refractivity (Wildman–Crippen MR) is 65.7 cm³/mol. The summed E-state index contributed by atoms with van der Waals surface area (Å²) >= 11 is 0. The van der Waals surface area contributed by atoms with Crippen molar-refractivity contribution in [3.8, 4) is 0 Å². The van der Waals surface area contributed by atoms with Crippen molar-refractivity contribution in [3.05, 3.63) is 47.2 Å². The smallest absolute Gasteiger partial charge is 0.220 e. The molecular formula is C13H17N3O. The minimum atomic E-state index is 0.648. The molecular weight excluding hydrogens is 214 g/mol. The predicted octanol–water partition coefficient (Wildman–Crippen LogP) is 1.86. The molecule has 90 valence electrons. The molecule has 2 aromatic rings. The van der Waals surface area contributed by atoms with E-state index in [1.165, 1.54) is 11.1 Å². The standard InChI is InChI=1S/C13H17N3O/c1-10-4-2-5-11(8-10)9-13-16-15-12(17-13)6-3-7-14/h2,4-5,8H,3,6-7,9,14H2,1H3. The Hall–Kier alpha value is -1.68. The van der Waals surface area contributed by atoms with E-state index in [4.69, 9.17) is 10.2 Å². The second-order valence-electron chi connectivity index (χ2n) is 4.15. The van der Waals surface area contributed by atoms with Crippen molar-refractivity contribution in [1.82, 2.24) is 10.2 Å². The highest BCUT2D eigenvalue weighted by Crippen LogP contribution is 2.11. The monoisotopic (exact) mass is 231 g/mol. The molecule has 0 aliphatic carbocycles. The maximum Gasteiger partial charge on any atom is 0.220 e. The van der Waals surface area contributed by atoms with Crippen LogP contribution in [0.5, 0.6) is 0 Å². The zero-order valence-electron chi connectivity index (χ0n) is 10.0. The van der Waals surface area contributed by atoms with Gasteiger partial charge in [-0.15, -0.1) is 10.2 Å². The van der Waals surface area contributed by atoms with Crippen LogP contribution in [0, 0.1) is 6.92 Å². The fourth-order valence-corrected chi connectivity index (χ4v) is 1.71. The summed E-state index contributed by atoms with van der Waals surface area (Å²) in [5, 5.41) is 8.04. The first-order valence-electron chi connectivity index (χ1n) is 5.85. The average molecular weight is 231 g/mol. The van der Waals surface area contributed by atoms with Gasteiger partial charge in [0.1, 0.15) is 0 Å². The Balaban J connectivity index is 2.01. The Morgan fingerprint density at radius 3 is 2.82 bits per heavy atom. The molecule has 0 fully saturated rings. The normalized spacial score (nSPS) is 10.7. The topological polar surface area (TPSA) is 64.9 Å². The zero-order chi connectivity index (χ0) is 12.1. The van der Waals surface area contributed by atoms with E-state index in [1.807, 2.05) is 6.07 Å². The van der Waals surface area contributed by atoms with Crippen LogP contribution in [-0.4, -0.2) is 16.7 Å². The summed E-state index contributed by atoms with van der Waals surface area (Å²) in [6, 6.07) is 8.31. The maximum atomic E-state index is 5.55. The summed E-state index contributed by atoms with van der Waals surface area (Å²) in [5.41, 5.74) is 7.87. The average Bonchev–Trinajstić information content (AvgIpc) is 2.74. The summed E-state index contributed by atoms with van der Waals surface area (Å²) in [5.74, 6) is 1.35. The van der Waals surface area contributed by atoms with E-state index in [2.05, 4.69) is 35.3 Å². The lowest BCUT2D eigenvalue weighted by atomic mass is 10.1. The van der Waals surface area contributed by atoms with Crippen LogP contribution in [0.25, 0.3) is 0 Å². The van der Waals surface area contributed by atoms with E-state index in [-0.39, 0.29) is 0 Å². The lowest BCUT2D eigenvalue weighted by Gasteiger charge is -1.98. The van der Waals surface area contributed by atoms with Crippen LogP contribution in [-0.2, 0) is 12.8 Å². The highest BCUT2D eigenvalue weighted by Gasteiger charge is 2.06. The lowest BCUT2D eigenvalue weighted by Crippen LogP contribution is -2.00. The van der Waals surface area contributed by atoms with Crippen molar-refractivity contribution in [2.75, 3.05) is 6.54 Å². The van der Waals surface area contributed by atoms with Gasteiger partial charge in [-0.25, -0.2) is 0 Å². The molecule has 0 bridgehead atoms. The van der Waals surface area contributed by atoms with Crippen LogP contribution >= 0.6 is 0 Å². The van der Waals surface area contributed by atoms with E-state index in [9.17, 15) is 0 Å². The highest BCUT2D eigenvalue weighted by atomic mass is 16.4. The van der Waals surface area contributed by atoms with Gasteiger partial charge in [0.2, 0.25) is 11.8 Å². The number of hydrogen-bond acceptors (Lipinski definition) is 4. The number of hydrogen-bond donors (Lipinski definition) is 1. The Morgan fingerprint density at radius 2 is 2.06 bits per heavy atom. The molecule has 0 saturated heterocycles. The first-order valence-corrected chi connectivity index (χ1v) is 5.85. The van der Waals surface area contributed by atoms with Crippen molar-refractivity contribution in [1.29, 1.82) is 0 Å². The van der Waals surface area contributed by atoms with E-state index in [1.54, 1.807) is 0 Å². The van der Waals surface area contributed by atoms with Gasteiger partial charge in [-0.05, 0) is 25.5 Å². The summed E-state index contributed by atoms with van der Waals surface area (Å²) in [6.07, 6.45) is 2.33. The second-order valence-corrected chi connectivity index (χ2v) is 4.15. The molecule has 1 aromatic carbocycles. The Morgan fingerprint density at radius 1 is 1.24 bits per heavy atom. The van der Waals surface area contributed by atoms with Gasteiger partial charge in [-0.3, -0.25) is 0 Å². The van der Waals surface area contributed by atoms with Crippen molar-refractivity contribution < 1.29 is 4.42 Å². The zero-order valence-corrected chi connectivity index (χ0v) is 10.0. The summed E-state index contributed by atoms with van der Waals surface area (Å²) in [4.78, 5) is 0. The van der Waals surface area contributed by atoms with Crippen molar-refractivity contribution in [2.45, 2.75) is 26.2 Å². The molecule has 4 heteroatoms. The van der Waals surface area contributed by atoms with Crippen molar-refractivity contribution in [2.24, 2.45) is 5.73 Å². The van der Waals surface area contributed by atoms with Gasteiger partial charge in [0, 0.05) is 6.42 Å². The first kappa shape index (κ1) is 11.8. The molecule has 2 N–H and O–H groups in total. The number of rotatable bonds is 5. The molecule has 2 rings (SSSR count). The van der Waals surface area contributed by atoms with Crippen LogP contribution in [0.15, 0.2) is 28.7 Å². The minimum Gasteiger partial charge on any atom is -0.425 e. The molecule has 17 heavy (non-hydrogen) atoms. The third kappa shape index (κ3) is 3.39. The molecule has 0 radical (unpaired) electrons. The maximum absolute atomic E-state index is 5.55. The van der Waals surface area contributed by atoms with Gasteiger partial charge in [0.25, 0.3) is 0 Å². The van der Waals surface area contributed by atoms with Gasteiger partial charge < -0.3 is 10.2 Å². The van der Waals surface area contributed by atoms with E-state index >= 15 is 0 Å². The molecule has 0 saturated carbocycles.